The molecule has 3 nitrogen and oxygen atoms in total. The minimum absolute atomic E-state index is 0. The molecule has 0 spiro atoms. The highest BCUT2D eigenvalue weighted by atomic mass is 79.9. The van der Waals surface area contributed by atoms with Crippen molar-refractivity contribution >= 4 is 17.1 Å². The summed E-state index contributed by atoms with van der Waals surface area (Å²) >= 11 is 1.43. The number of aromatic nitrogens is 1. The molecule has 5 heteroatoms. The van der Waals surface area contributed by atoms with E-state index in [0.717, 1.165) is 4.88 Å². The van der Waals surface area contributed by atoms with Crippen LogP contribution in [0.25, 0.3) is 0 Å². The average Bonchev–Trinajstić information content (AvgIpc) is 2.83. The van der Waals surface area contributed by atoms with E-state index in [2.05, 4.69) is 0 Å². The van der Waals surface area contributed by atoms with Crippen LogP contribution in [0.2, 0.25) is 0 Å². The first-order chi connectivity index (χ1) is 7.79. The molecule has 2 aromatic heterocycles. The van der Waals surface area contributed by atoms with E-state index in [-0.39, 0.29) is 29.3 Å². The van der Waals surface area contributed by atoms with Gasteiger partial charge in [-0.25, -0.2) is 0 Å². The molecule has 2 heterocycles. The lowest BCUT2D eigenvalue weighted by Crippen LogP contribution is -3.00. The second kappa shape index (κ2) is 6.28. The van der Waals surface area contributed by atoms with Gasteiger partial charge in [0.15, 0.2) is 12.4 Å². The Bertz CT molecular complexity index is 546. The van der Waals surface area contributed by atoms with Gasteiger partial charge in [0.25, 0.3) is 0 Å². The van der Waals surface area contributed by atoms with E-state index < -0.39 is 0 Å². The molecule has 0 aliphatic rings. The minimum Gasteiger partial charge on any atom is -1.00 e. The van der Waals surface area contributed by atoms with Crippen LogP contribution < -0.4 is 21.5 Å². The highest BCUT2D eigenvalue weighted by molar-refractivity contribution is 7.12. The second-order valence-electron chi connectivity index (χ2n) is 3.28. The number of rotatable bonds is 3. The zero-order valence-corrected chi connectivity index (χ0v) is 11.2. The quantitative estimate of drug-likeness (QED) is 0.528. The summed E-state index contributed by atoms with van der Waals surface area (Å²) in [6, 6.07) is 9.19. The first kappa shape index (κ1) is 13.6. The Kier molecular flexibility index (Phi) is 5.01. The summed E-state index contributed by atoms with van der Waals surface area (Å²) < 4.78 is 1.72. The number of carbonyl (C=O) groups excluding carboxylic acids is 1. The molecule has 0 unspecified atom stereocenters. The highest BCUT2D eigenvalue weighted by Crippen LogP contribution is 2.08. The molecule has 0 amide bonds. The van der Waals surface area contributed by atoms with Crippen LogP contribution in [0.15, 0.2) is 42.0 Å². The van der Waals surface area contributed by atoms with Crippen molar-refractivity contribution in [3.8, 4) is 6.07 Å². The van der Waals surface area contributed by atoms with Crippen LogP contribution in [0, 0.1) is 11.3 Å². The van der Waals surface area contributed by atoms with Gasteiger partial charge in [0, 0.05) is 6.07 Å². The molecule has 0 fully saturated rings. The van der Waals surface area contributed by atoms with Crippen molar-refractivity contribution in [1.29, 1.82) is 5.26 Å². The standard InChI is InChI=1S/C12H9N2OS.BrH/c13-7-10-3-1-5-14(8-10)9-11(15)12-4-2-6-16-12;/h1-6,8H,9H2;1H/q+1;/p-1. The molecule has 0 atom stereocenters. The number of thiophene rings is 1. The van der Waals surface area contributed by atoms with Gasteiger partial charge in [-0.2, -0.15) is 9.83 Å². The Morgan fingerprint density at radius 1 is 1.41 bits per heavy atom. The third-order valence-electron chi connectivity index (χ3n) is 2.11. The summed E-state index contributed by atoms with van der Waals surface area (Å²) in [6.45, 7) is 0.274. The monoisotopic (exact) mass is 308 g/mol. The van der Waals surface area contributed by atoms with Crippen molar-refractivity contribution in [2.24, 2.45) is 0 Å². The molecule has 0 radical (unpaired) electrons. The third-order valence-corrected chi connectivity index (χ3v) is 3.02. The van der Waals surface area contributed by atoms with Gasteiger partial charge in [-0.05, 0) is 17.5 Å². The van der Waals surface area contributed by atoms with Crippen LogP contribution >= 0.6 is 11.3 Å². The molecule has 0 bridgehead atoms. The van der Waals surface area contributed by atoms with Gasteiger partial charge in [0.2, 0.25) is 12.3 Å². The number of halogens is 1. The largest absolute Gasteiger partial charge is 1.00 e. The van der Waals surface area contributed by atoms with E-state index in [9.17, 15) is 4.79 Å². The van der Waals surface area contributed by atoms with Crippen molar-refractivity contribution in [2.45, 2.75) is 6.54 Å². The number of ketones is 1. The van der Waals surface area contributed by atoms with Gasteiger partial charge < -0.3 is 17.0 Å². The SMILES string of the molecule is N#Cc1ccc[n+](CC(=O)c2cccs2)c1.[Br-]. The molecular weight excluding hydrogens is 300 g/mol. The van der Waals surface area contributed by atoms with E-state index in [1.807, 2.05) is 23.6 Å². The van der Waals surface area contributed by atoms with Crippen molar-refractivity contribution in [2.75, 3.05) is 0 Å². The van der Waals surface area contributed by atoms with Crippen molar-refractivity contribution in [3.05, 3.63) is 52.5 Å². The zero-order chi connectivity index (χ0) is 11.4. The molecule has 86 valence electrons. The number of carbonyl (C=O) groups is 1. The average molecular weight is 309 g/mol. The molecule has 17 heavy (non-hydrogen) atoms. The first-order valence-corrected chi connectivity index (χ1v) is 5.63. The number of Topliss-reactive ketones (excluding diaryl/α,β-unsaturated/α-hetero) is 1. The smallest absolute Gasteiger partial charge is 0.237 e. The third kappa shape index (κ3) is 3.48. The maximum atomic E-state index is 11.8. The van der Waals surface area contributed by atoms with E-state index in [1.165, 1.54) is 11.3 Å². The lowest BCUT2D eigenvalue weighted by molar-refractivity contribution is -0.683. The summed E-state index contributed by atoms with van der Waals surface area (Å²) in [7, 11) is 0. The maximum absolute atomic E-state index is 11.8. The molecule has 0 saturated carbocycles. The lowest BCUT2D eigenvalue weighted by Gasteiger charge is -1.94. The summed E-state index contributed by atoms with van der Waals surface area (Å²) in [4.78, 5) is 12.5. The number of hydrogen-bond acceptors (Lipinski definition) is 3. The number of nitrogens with zero attached hydrogens (tertiary/aromatic N) is 2. The number of hydrogen-bond donors (Lipinski definition) is 0. The Balaban J connectivity index is 0.00000144. The Morgan fingerprint density at radius 3 is 2.88 bits per heavy atom. The van der Waals surface area contributed by atoms with E-state index in [0.29, 0.717) is 5.56 Å². The van der Waals surface area contributed by atoms with E-state index in [4.69, 9.17) is 5.26 Å². The van der Waals surface area contributed by atoms with Crippen LogP contribution in [0.5, 0.6) is 0 Å². The van der Waals surface area contributed by atoms with Gasteiger partial charge in [0.1, 0.15) is 11.6 Å². The van der Waals surface area contributed by atoms with E-state index >= 15 is 0 Å². The van der Waals surface area contributed by atoms with Gasteiger partial charge in [-0.3, -0.25) is 4.79 Å². The zero-order valence-electron chi connectivity index (χ0n) is 8.84. The molecular formula is C12H9BrN2OS. The van der Waals surface area contributed by atoms with Crippen LogP contribution in [-0.2, 0) is 6.54 Å². The normalized spacial score (nSPS) is 9.12. The fourth-order valence-corrected chi connectivity index (χ4v) is 2.02. The van der Waals surface area contributed by atoms with Gasteiger partial charge in [-0.1, -0.05) is 6.07 Å². The van der Waals surface area contributed by atoms with Crippen molar-refractivity contribution < 1.29 is 26.3 Å². The maximum Gasteiger partial charge on any atom is 0.237 e. The summed E-state index contributed by atoms with van der Waals surface area (Å²) in [5.74, 6) is 0.0649. The predicted octanol–water partition coefficient (Wildman–Crippen LogP) is -1.21. The Labute approximate surface area is 114 Å². The summed E-state index contributed by atoms with van der Waals surface area (Å²) in [5, 5.41) is 10.6. The highest BCUT2D eigenvalue weighted by Gasteiger charge is 2.12. The molecule has 0 aliphatic heterocycles. The molecule has 0 N–H and O–H groups in total. The van der Waals surface area contributed by atoms with Crippen LogP contribution in [0.1, 0.15) is 15.2 Å². The van der Waals surface area contributed by atoms with Crippen LogP contribution in [0.4, 0.5) is 0 Å². The summed E-state index contributed by atoms with van der Waals surface area (Å²) in [6.07, 6.45) is 3.46. The molecule has 0 saturated heterocycles. The Hall–Kier alpha value is -1.51. The second-order valence-corrected chi connectivity index (χ2v) is 4.22. The lowest BCUT2D eigenvalue weighted by atomic mass is 10.3. The molecule has 0 aliphatic carbocycles. The van der Waals surface area contributed by atoms with Gasteiger partial charge in [0.05, 0.1) is 4.88 Å². The fraction of sp³-hybridized carbons (Fsp3) is 0.0833. The van der Waals surface area contributed by atoms with Crippen LogP contribution in [0.3, 0.4) is 0 Å². The number of nitriles is 1. The molecule has 0 aromatic carbocycles. The molecule has 2 aromatic rings. The summed E-state index contributed by atoms with van der Waals surface area (Å²) in [5.41, 5.74) is 0.557. The van der Waals surface area contributed by atoms with Crippen molar-refractivity contribution in [3.63, 3.8) is 0 Å². The number of pyridine rings is 1. The predicted molar refractivity (Wildman–Crippen MR) is 60.0 cm³/mol. The van der Waals surface area contributed by atoms with Gasteiger partial charge >= 0.3 is 0 Å². The fourth-order valence-electron chi connectivity index (χ4n) is 1.37. The molecule has 2 rings (SSSR count). The van der Waals surface area contributed by atoms with Gasteiger partial charge in [-0.15, -0.1) is 11.3 Å². The minimum atomic E-state index is 0. The van der Waals surface area contributed by atoms with E-state index in [1.54, 1.807) is 29.1 Å². The van der Waals surface area contributed by atoms with Crippen LogP contribution in [-0.4, -0.2) is 5.78 Å². The van der Waals surface area contributed by atoms with Crippen molar-refractivity contribution in [1.82, 2.24) is 0 Å². The first-order valence-electron chi connectivity index (χ1n) is 4.75. The topological polar surface area (TPSA) is 44.7 Å². The Morgan fingerprint density at radius 2 is 2.24 bits per heavy atom.